The molecule has 0 rings (SSSR count). The zero-order valence-corrected chi connectivity index (χ0v) is 6.00. The molecule has 0 aliphatic rings. The Kier molecular flexibility index (Phi) is 2.38. The van der Waals surface area contributed by atoms with Crippen LogP contribution in [0.2, 0.25) is 0 Å². The van der Waals surface area contributed by atoms with Gasteiger partial charge in [-0.3, -0.25) is 9.96 Å². The number of urea groups is 1. The van der Waals surface area contributed by atoms with Crippen LogP contribution in [-0.4, -0.2) is 29.3 Å². The number of guanidine groups is 1. The van der Waals surface area contributed by atoms with Crippen LogP contribution in [-0.2, 0) is 10.3 Å². The van der Waals surface area contributed by atoms with E-state index in [0.717, 1.165) is 0 Å². The van der Waals surface area contributed by atoms with Crippen molar-refractivity contribution in [3.05, 3.63) is 0 Å². The second kappa shape index (κ2) is 2.72. The van der Waals surface area contributed by atoms with Crippen LogP contribution in [0.3, 0.4) is 0 Å². The molecule has 0 aromatic rings. The Bertz CT molecular complexity index is 266. The SMILES string of the molecule is N=C(N)N(C(N)=O)S(=O)(=O)O. The minimum Gasteiger partial charge on any atom is -0.369 e. The summed E-state index contributed by atoms with van der Waals surface area (Å²) in [4.78, 5) is 10.2. The molecule has 0 atom stereocenters. The average Bonchev–Trinajstić information content (AvgIpc) is 1.54. The molecule has 0 saturated carbocycles. The molecular formula is C2H6N4O4S. The normalized spacial score (nSPS) is 10.6. The molecule has 0 unspecified atom stereocenters. The van der Waals surface area contributed by atoms with Crippen LogP contribution in [0.5, 0.6) is 0 Å². The van der Waals surface area contributed by atoms with Crippen molar-refractivity contribution < 1.29 is 17.8 Å². The summed E-state index contributed by atoms with van der Waals surface area (Å²) in [5.41, 5.74) is 9.04. The van der Waals surface area contributed by atoms with Crippen molar-refractivity contribution >= 4 is 22.3 Å². The van der Waals surface area contributed by atoms with E-state index in [1.807, 2.05) is 0 Å². The molecule has 0 heterocycles. The van der Waals surface area contributed by atoms with Gasteiger partial charge in [-0.2, -0.15) is 8.42 Å². The molecule has 0 bridgehead atoms. The van der Waals surface area contributed by atoms with E-state index in [-0.39, 0.29) is 0 Å². The van der Waals surface area contributed by atoms with E-state index in [1.165, 1.54) is 0 Å². The van der Waals surface area contributed by atoms with Crippen molar-refractivity contribution in [3.8, 4) is 0 Å². The van der Waals surface area contributed by atoms with Gasteiger partial charge >= 0.3 is 16.3 Å². The summed E-state index contributed by atoms with van der Waals surface area (Å²) in [6, 6.07) is -1.54. The predicted octanol–water partition coefficient (Wildman–Crippen LogP) is -1.94. The highest BCUT2D eigenvalue weighted by Crippen LogP contribution is 1.93. The van der Waals surface area contributed by atoms with Crippen molar-refractivity contribution in [2.24, 2.45) is 11.5 Å². The van der Waals surface area contributed by atoms with E-state index in [1.54, 1.807) is 0 Å². The molecule has 0 aliphatic carbocycles. The molecule has 0 fully saturated rings. The van der Waals surface area contributed by atoms with Crippen LogP contribution in [0.4, 0.5) is 4.79 Å². The van der Waals surface area contributed by atoms with E-state index in [9.17, 15) is 13.2 Å². The fourth-order valence-electron chi connectivity index (χ4n) is 0.357. The largest absolute Gasteiger partial charge is 0.370 e. The minimum atomic E-state index is -4.85. The number of carbonyl (C=O) groups excluding carboxylic acids is 1. The van der Waals surface area contributed by atoms with Gasteiger partial charge in [-0.1, -0.05) is 0 Å². The highest BCUT2D eigenvalue weighted by atomic mass is 32.2. The van der Waals surface area contributed by atoms with Gasteiger partial charge in [0.05, 0.1) is 0 Å². The third-order valence-corrected chi connectivity index (χ3v) is 1.49. The smallest absolute Gasteiger partial charge is 0.369 e. The number of nitrogens with one attached hydrogen (secondary N) is 1. The first-order chi connectivity index (χ1) is 4.76. The van der Waals surface area contributed by atoms with Gasteiger partial charge in [-0.15, -0.1) is 4.31 Å². The van der Waals surface area contributed by atoms with Gasteiger partial charge < -0.3 is 11.5 Å². The first kappa shape index (κ1) is 9.65. The molecule has 0 saturated heterocycles. The van der Waals surface area contributed by atoms with Gasteiger partial charge in [0.1, 0.15) is 0 Å². The van der Waals surface area contributed by atoms with Crippen LogP contribution >= 0.6 is 0 Å². The third kappa shape index (κ3) is 2.39. The zero-order chi connectivity index (χ0) is 9.23. The number of amides is 2. The van der Waals surface area contributed by atoms with E-state index in [0.29, 0.717) is 0 Å². The number of hydrogen-bond acceptors (Lipinski definition) is 4. The van der Waals surface area contributed by atoms with Gasteiger partial charge in [-0.25, -0.2) is 4.79 Å². The molecule has 64 valence electrons. The van der Waals surface area contributed by atoms with Crippen LogP contribution in [0.15, 0.2) is 0 Å². The third-order valence-electron chi connectivity index (χ3n) is 0.650. The van der Waals surface area contributed by atoms with E-state index < -0.39 is 26.6 Å². The molecular weight excluding hydrogens is 176 g/mol. The van der Waals surface area contributed by atoms with Gasteiger partial charge in [0.25, 0.3) is 0 Å². The lowest BCUT2D eigenvalue weighted by Gasteiger charge is -2.12. The van der Waals surface area contributed by atoms with Crippen molar-refractivity contribution in [1.29, 1.82) is 5.41 Å². The summed E-state index contributed by atoms with van der Waals surface area (Å²) < 4.78 is 28.1. The lowest BCUT2D eigenvalue weighted by Crippen LogP contribution is -2.47. The topological polar surface area (TPSA) is 151 Å². The van der Waals surface area contributed by atoms with Crippen molar-refractivity contribution in [2.75, 3.05) is 0 Å². The Morgan fingerprint density at radius 1 is 1.45 bits per heavy atom. The number of nitrogens with zero attached hydrogens (tertiary/aromatic N) is 1. The fraction of sp³-hybridized carbons (Fsp3) is 0. The standard InChI is InChI=1S/C2H6N4O4S/c3-1(4)6(2(5)7)11(8,9)10/h(H3,3,4)(H2,5,7)(H,8,9,10). The number of carbonyl (C=O) groups is 1. The van der Waals surface area contributed by atoms with Crippen LogP contribution < -0.4 is 11.5 Å². The molecule has 0 aliphatic heterocycles. The zero-order valence-electron chi connectivity index (χ0n) is 5.18. The molecule has 9 heteroatoms. The molecule has 0 spiro atoms. The van der Waals surface area contributed by atoms with Gasteiger partial charge in [0.15, 0.2) is 0 Å². The summed E-state index contributed by atoms with van der Waals surface area (Å²) in [6.45, 7) is 0. The molecule has 0 aromatic heterocycles. The highest BCUT2D eigenvalue weighted by Gasteiger charge is 2.25. The summed E-state index contributed by atoms with van der Waals surface area (Å²) >= 11 is 0. The van der Waals surface area contributed by atoms with Gasteiger partial charge in [-0.05, 0) is 0 Å². The van der Waals surface area contributed by atoms with Gasteiger partial charge in [0, 0.05) is 0 Å². The Balaban J connectivity index is 4.94. The molecule has 0 aromatic carbocycles. The maximum atomic E-state index is 10.2. The molecule has 11 heavy (non-hydrogen) atoms. The maximum absolute atomic E-state index is 10.2. The van der Waals surface area contributed by atoms with Gasteiger partial charge in [0.2, 0.25) is 5.96 Å². The van der Waals surface area contributed by atoms with Crippen molar-refractivity contribution in [3.63, 3.8) is 0 Å². The highest BCUT2D eigenvalue weighted by molar-refractivity contribution is 7.84. The Hall–Kier alpha value is -1.35. The Labute approximate surface area is 62.2 Å². The predicted molar refractivity (Wildman–Crippen MR) is 34.9 cm³/mol. The summed E-state index contributed by atoms with van der Waals surface area (Å²) in [6.07, 6.45) is 0. The minimum absolute atomic E-state index is 0.451. The van der Waals surface area contributed by atoms with E-state index in [2.05, 4.69) is 11.5 Å². The van der Waals surface area contributed by atoms with E-state index >= 15 is 0 Å². The summed E-state index contributed by atoms with van der Waals surface area (Å²) in [7, 11) is -4.85. The first-order valence-electron chi connectivity index (χ1n) is 2.18. The fourth-order valence-corrected chi connectivity index (χ4v) is 0.833. The van der Waals surface area contributed by atoms with Crippen molar-refractivity contribution in [2.45, 2.75) is 0 Å². The molecule has 6 N–H and O–H groups in total. The lowest BCUT2D eigenvalue weighted by atomic mass is 10.9. The number of primary amides is 1. The summed E-state index contributed by atoms with van der Waals surface area (Å²) in [5, 5.41) is 6.50. The molecule has 8 nitrogen and oxygen atoms in total. The second-order valence-corrected chi connectivity index (χ2v) is 2.73. The maximum Gasteiger partial charge on any atom is 0.370 e. The number of rotatable bonds is 1. The first-order valence-corrected chi connectivity index (χ1v) is 3.57. The molecule has 0 radical (unpaired) electrons. The number of hydrogen-bond donors (Lipinski definition) is 4. The Morgan fingerprint density at radius 2 is 1.82 bits per heavy atom. The van der Waals surface area contributed by atoms with Crippen LogP contribution in [0, 0.1) is 5.41 Å². The lowest BCUT2D eigenvalue weighted by molar-refractivity contribution is 0.240. The van der Waals surface area contributed by atoms with Crippen LogP contribution in [0.25, 0.3) is 0 Å². The summed E-state index contributed by atoms with van der Waals surface area (Å²) in [5.74, 6) is -1.17. The van der Waals surface area contributed by atoms with Crippen molar-refractivity contribution in [1.82, 2.24) is 4.31 Å². The Morgan fingerprint density at radius 3 is 1.82 bits per heavy atom. The number of nitrogens with two attached hydrogens (primary N) is 2. The quantitative estimate of drug-likeness (QED) is 0.211. The second-order valence-electron chi connectivity index (χ2n) is 1.47. The van der Waals surface area contributed by atoms with E-state index in [4.69, 9.17) is 9.96 Å². The van der Waals surface area contributed by atoms with Crippen LogP contribution in [0.1, 0.15) is 0 Å². The average molecular weight is 182 g/mol. The molecule has 2 amide bonds. The monoisotopic (exact) mass is 182 g/mol.